The third-order valence-electron chi connectivity index (χ3n) is 5.92. The second-order valence-corrected chi connectivity index (χ2v) is 7.81. The lowest BCUT2D eigenvalue weighted by molar-refractivity contribution is -0.126. The van der Waals surface area contributed by atoms with Crippen LogP contribution < -0.4 is 4.74 Å². The molecule has 4 rings (SSSR count). The van der Waals surface area contributed by atoms with E-state index in [1.54, 1.807) is 19.2 Å². The molecular weight excluding hydrogens is 377 g/mol. The third-order valence-corrected chi connectivity index (χ3v) is 5.92. The van der Waals surface area contributed by atoms with Gasteiger partial charge in [-0.15, -0.1) is 0 Å². The average molecular weight is 403 g/mol. The van der Waals surface area contributed by atoms with E-state index in [0.29, 0.717) is 13.0 Å². The molecule has 0 aromatic heterocycles. The monoisotopic (exact) mass is 403 g/mol. The van der Waals surface area contributed by atoms with Crippen LogP contribution in [0.15, 0.2) is 78.9 Å². The molecule has 1 aliphatic heterocycles. The van der Waals surface area contributed by atoms with E-state index < -0.39 is 0 Å². The van der Waals surface area contributed by atoms with Crippen molar-refractivity contribution >= 4 is 5.78 Å². The molecule has 2 atom stereocenters. The first-order chi connectivity index (χ1) is 14.7. The lowest BCUT2D eigenvalue weighted by Crippen LogP contribution is -2.43. The van der Waals surface area contributed by atoms with Gasteiger partial charge in [0.2, 0.25) is 0 Å². The number of piperidine rings is 1. The summed E-state index contributed by atoms with van der Waals surface area (Å²) in [6, 6.07) is 24.6. The third kappa shape index (κ3) is 4.44. The number of likely N-dealkylation sites (tertiary alicyclic amines) is 1. The van der Waals surface area contributed by atoms with Crippen molar-refractivity contribution in [2.45, 2.75) is 18.9 Å². The van der Waals surface area contributed by atoms with Crippen molar-refractivity contribution in [3.63, 3.8) is 0 Å². The van der Waals surface area contributed by atoms with Crippen LogP contribution in [0.1, 0.15) is 29.0 Å². The maximum atomic E-state index is 13.6. The molecule has 0 N–H and O–H groups in total. The molecule has 4 heteroatoms. The number of rotatable bonds is 6. The van der Waals surface area contributed by atoms with E-state index in [4.69, 9.17) is 4.74 Å². The highest BCUT2D eigenvalue weighted by atomic mass is 19.1. The Morgan fingerprint density at radius 2 is 1.63 bits per heavy atom. The smallest absolute Gasteiger partial charge is 0.139 e. The van der Waals surface area contributed by atoms with Crippen LogP contribution in [0.4, 0.5) is 4.39 Å². The first-order valence-corrected chi connectivity index (χ1v) is 10.3. The minimum atomic E-state index is -0.265. The second-order valence-electron chi connectivity index (χ2n) is 7.81. The van der Waals surface area contributed by atoms with Gasteiger partial charge in [-0.05, 0) is 29.3 Å². The van der Waals surface area contributed by atoms with Gasteiger partial charge in [0.05, 0.1) is 7.11 Å². The summed E-state index contributed by atoms with van der Waals surface area (Å²) in [5.41, 5.74) is 3.17. The fourth-order valence-corrected chi connectivity index (χ4v) is 4.42. The van der Waals surface area contributed by atoms with Crippen molar-refractivity contribution in [2.75, 3.05) is 20.2 Å². The Morgan fingerprint density at radius 3 is 2.37 bits per heavy atom. The summed E-state index contributed by atoms with van der Waals surface area (Å²) in [5, 5.41) is 0. The Balaban J connectivity index is 1.64. The summed E-state index contributed by atoms with van der Waals surface area (Å²) in [5.74, 6) is 0.591. The highest BCUT2D eigenvalue weighted by Crippen LogP contribution is 2.36. The topological polar surface area (TPSA) is 29.5 Å². The van der Waals surface area contributed by atoms with E-state index in [-0.39, 0.29) is 23.4 Å². The number of hydrogen-bond acceptors (Lipinski definition) is 3. The maximum Gasteiger partial charge on any atom is 0.139 e. The number of benzene rings is 3. The predicted octanol–water partition coefficient (Wildman–Crippen LogP) is 5.06. The van der Waals surface area contributed by atoms with Crippen molar-refractivity contribution in [2.24, 2.45) is 5.92 Å². The Labute approximate surface area is 177 Å². The summed E-state index contributed by atoms with van der Waals surface area (Å²) in [6.45, 7) is 2.13. The first-order valence-electron chi connectivity index (χ1n) is 10.3. The van der Waals surface area contributed by atoms with E-state index >= 15 is 0 Å². The first kappa shape index (κ1) is 20.3. The van der Waals surface area contributed by atoms with Crippen molar-refractivity contribution < 1.29 is 13.9 Å². The Kier molecular flexibility index (Phi) is 6.24. The Morgan fingerprint density at radius 1 is 0.967 bits per heavy atom. The number of para-hydroxylation sites is 1. The molecule has 1 aliphatic rings. The molecule has 0 radical (unpaired) electrons. The number of halogens is 1. The number of carbonyl (C=O) groups excluding carboxylic acids is 1. The molecule has 0 saturated carbocycles. The van der Waals surface area contributed by atoms with Gasteiger partial charge in [0.25, 0.3) is 0 Å². The van der Waals surface area contributed by atoms with E-state index in [9.17, 15) is 9.18 Å². The van der Waals surface area contributed by atoms with Crippen LogP contribution in [-0.2, 0) is 11.3 Å². The van der Waals surface area contributed by atoms with Crippen LogP contribution in [0.25, 0.3) is 0 Å². The number of hydrogen-bond donors (Lipinski definition) is 0. The number of carbonyl (C=O) groups is 1. The average Bonchev–Trinajstić information content (AvgIpc) is 2.78. The van der Waals surface area contributed by atoms with Gasteiger partial charge >= 0.3 is 0 Å². The largest absolute Gasteiger partial charge is 0.496 e. The molecule has 1 heterocycles. The molecule has 0 aliphatic carbocycles. The van der Waals surface area contributed by atoms with Crippen LogP contribution in [-0.4, -0.2) is 30.9 Å². The van der Waals surface area contributed by atoms with Gasteiger partial charge in [0.15, 0.2) is 0 Å². The standard InChI is InChI=1S/C26H26FNO2/c1-30-25-10-6-5-9-21(25)17-28-16-15-24(29)23(18-28)26(19-7-3-2-4-8-19)20-11-13-22(27)14-12-20/h2-14,23,26H,15-18H2,1H3. The zero-order valence-electron chi connectivity index (χ0n) is 17.1. The Hall–Kier alpha value is -2.98. The van der Waals surface area contributed by atoms with Gasteiger partial charge in [-0.3, -0.25) is 9.69 Å². The number of methoxy groups -OCH3 is 1. The molecule has 30 heavy (non-hydrogen) atoms. The molecule has 0 amide bonds. The minimum Gasteiger partial charge on any atom is -0.496 e. The summed E-state index contributed by atoms with van der Waals surface area (Å²) < 4.78 is 19.1. The van der Waals surface area contributed by atoms with Gasteiger partial charge in [0.1, 0.15) is 17.3 Å². The summed E-state index contributed by atoms with van der Waals surface area (Å²) >= 11 is 0. The number of ketones is 1. The van der Waals surface area contributed by atoms with E-state index in [1.165, 1.54) is 12.1 Å². The molecule has 3 aromatic rings. The van der Waals surface area contributed by atoms with Crippen LogP contribution >= 0.6 is 0 Å². The molecular formula is C26H26FNO2. The SMILES string of the molecule is COc1ccccc1CN1CCC(=O)C(C(c2ccccc2)c2ccc(F)cc2)C1. The number of ether oxygens (including phenoxy) is 1. The van der Waals surface area contributed by atoms with E-state index in [1.807, 2.05) is 36.4 Å². The summed E-state index contributed by atoms with van der Waals surface area (Å²) in [6.07, 6.45) is 0.518. The normalized spacial score (nSPS) is 18.2. The second kappa shape index (κ2) is 9.23. The lowest BCUT2D eigenvalue weighted by Gasteiger charge is -2.36. The number of nitrogens with zero attached hydrogens (tertiary/aromatic N) is 1. The molecule has 3 aromatic carbocycles. The van der Waals surface area contributed by atoms with Gasteiger partial charge in [-0.25, -0.2) is 4.39 Å². The van der Waals surface area contributed by atoms with Gasteiger partial charge in [-0.1, -0.05) is 60.7 Å². The zero-order valence-corrected chi connectivity index (χ0v) is 17.1. The van der Waals surface area contributed by atoms with Crippen LogP contribution in [0, 0.1) is 11.7 Å². The van der Waals surface area contributed by atoms with Gasteiger partial charge in [-0.2, -0.15) is 0 Å². The Bertz CT molecular complexity index is 987. The number of Topliss-reactive ketones (excluding diaryl/α,β-unsaturated/α-hetero) is 1. The van der Waals surface area contributed by atoms with E-state index in [2.05, 4.69) is 23.1 Å². The summed E-state index contributed by atoms with van der Waals surface area (Å²) in [7, 11) is 1.68. The fourth-order valence-electron chi connectivity index (χ4n) is 4.42. The van der Waals surface area contributed by atoms with E-state index in [0.717, 1.165) is 35.5 Å². The quantitative estimate of drug-likeness (QED) is 0.576. The predicted molar refractivity (Wildman–Crippen MR) is 116 cm³/mol. The zero-order chi connectivity index (χ0) is 20.9. The molecule has 1 fully saturated rings. The summed E-state index contributed by atoms with van der Waals surface area (Å²) in [4.78, 5) is 15.4. The maximum absolute atomic E-state index is 13.6. The van der Waals surface area contributed by atoms with Crippen LogP contribution in [0.5, 0.6) is 5.75 Å². The van der Waals surface area contributed by atoms with Crippen LogP contribution in [0.3, 0.4) is 0 Å². The molecule has 0 bridgehead atoms. The van der Waals surface area contributed by atoms with Crippen LogP contribution in [0.2, 0.25) is 0 Å². The molecule has 1 saturated heterocycles. The van der Waals surface area contributed by atoms with Gasteiger partial charge < -0.3 is 4.74 Å². The van der Waals surface area contributed by atoms with Crippen molar-refractivity contribution in [3.05, 3.63) is 101 Å². The van der Waals surface area contributed by atoms with Crippen molar-refractivity contribution in [1.29, 1.82) is 0 Å². The molecule has 0 spiro atoms. The molecule has 2 unspecified atom stereocenters. The van der Waals surface area contributed by atoms with Crippen molar-refractivity contribution in [3.8, 4) is 5.75 Å². The van der Waals surface area contributed by atoms with Gasteiger partial charge in [0, 0.05) is 43.5 Å². The minimum absolute atomic E-state index is 0.0974. The molecule has 3 nitrogen and oxygen atoms in total. The fraction of sp³-hybridized carbons (Fsp3) is 0.269. The highest BCUT2D eigenvalue weighted by molar-refractivity contribution is 5.83. The molecule has 154 valence electrons. The van der Waals surface area contributed by atoms with Crippen molar-refractivity contribution in [1.82, 2.24) is 4.90 Å². The highest BCUT2D eigenvalue weighted by Gasteiger charge is 2.35. The lowest BCUT2D eigenvalue weighted by atomic mass is 9.76.